The lowest BCUT2D eigenvalue weighted by Crippen LogP contribution is -2.46. The summed E-state index contributed by atoms with van der Waals surface area (Å²) in [5, 5.41) is 0.817. The van der Waals surface area contributed by atoms with Gasteiger partial charge in [-0.15, -0.1) is 24.0 Å². The number of alkyl halides is 1. The van der Waals surface area contributed by atoms with Gasteiger partial charge in [0, 0.05) is 23.0 Å². The number of hydrogen-bond donors (Lipinski definition) is 0. The SMILES string of the molecule is CN1C2CC[C@@H]1C[C@H](c1ccc(Cl)cc1)[C@@H]2CCl.Cl. The molecule has 2 aliphatic rings. The number of hydrogen-bond acceptors (Lipinski definition) is 1. The lowest BCUT2D eigenvalue weighted by atomic mass is 9.77. The van der Waals surface area contributed by atoms with Crippen LogP contribution in [-0.4, -0.2) is 29.9 Å². The predicted molar refractivity (Wildman–Crippen MR) is 84.8 cm³/mol. The fourth-order valence-electron chi connectivity index (χ4n) is 3.88. The van der Waals surface area contributed by atoms with Crippen molar-refractivity contribution in [2.45, 2.75) is 37.3 Å². The van der Waals surface area contributed by atoms with Crippen molar-refractivity contribution in [3.8, 4) is 0 Å². The second-order valence-corrected chi connectivity index (χ2v) is 6.42. The number of nitrogens with zero attached hydrogens (tertiary/aromatic N) is 1. The second kappa shape index (κ2) is 6.22. The Hall–Kier alpha value is 0.0500. The van der Waals surface area contributed by atoms with Gasteiger partial charge in [0.25, 0.3) is 0 Å². The van der Waals surface area contributed by atoms with Crippen LogP contribution in [0.4, 0.5) is 0 Å². The molecule has 0 spiro atoms. The number of benzene rings is 1. The smallest absolute Gasteiger partial charge is 0.0406 e. The Balaban J connectivity index is 0.00000133. The Labute approximate surface area is 131 Å². The standard InChI is InChI=1S/C15H19Cl2N.ClH/c1-18-12-6-7-15(18)14(9-16)13(8-12)10-2-4-11(17)5-3-10;/h2-5,12-15H,6-9H2,1H3;1H/t12-,13-,14+,15?;/m1./s1. The number of piperidine rings is 1. The molecule has 0 saturated carbocycles. The van der Waals surface area contributed by atoms with E-state index in [0.29, 0.717) is 17.9 Å². The van der Waals surface area contributed by atoms with Gasteiger partial charge < -0.3 is 4.90 Å². The van der Waals surface area contributed by atoms with Gasteiger partial charge in [-0.3, -0.25) is 0 Å². The monoisotopic (exact) mass is 319 g/mol. The highest BCUT2D eigenvalue weighted by molar-refractivity contribution is 6.30. The van der Waals surface area contributed by atoms with Gasteiger partial charge >= 0.3 is 0 Å². The third-order valence-electron chi connectivity index (χ3n) is 4.91. The highest BCUT2D eigenvalue weighted by atomic mass is 35.5. The van der Waals surface area contributed by atoms with Crippen molar-refractivity contribution in [1.29, 1.82) is 0 Å². The summed E-state index contributed by atoms with van der Waals surface area (Å²) in [6.07, 6.45) is 3.88. The zero-order valence-corrected chi connectivity index (χ0v) is 13.4. The first-order valence-electron chi connectivity index (χ1n) is 6.74. The summed E-state index contributed by atoms with van der Waals surface area (Å²) in [4.78, 5) is 2.56. The molecule has 0 aliphatic carbocycles. The summed E-state index contributed by atoms with van der Waals surface area (Å²) in [6.45, 7) is 0. The highest BCUT2D eigenvalue weighted by Gasteiger charge is 2.45. The third kappa shape index (κ3) is 2.76. The van der Waals surface area contributed by atoms with Gasteiger partial charge in [-0.05, 0) is 55.8 Å². The Morgan fingerprint density at radius 3 is 2.53 bits per heavy atom. The first-order chi connectivity index (χ1) is 8.70. The summed E-state index contributed by atoms with van der Waals surface area (Å²) in [5.41, 5.74) is 1.41. The van der Waals surface area contributed by atoms with Gasteiger partial charge in [0.15, 0.2) is 0 Å². The number of fused-ring (bicyclic) bond motifs is 2. The molecule has 1 unspecified atom stereocenters. The van der Waals surface area contributed by atoms with Gasteiger partial charge in [0.1, 0.15) is 0 Å². The molecule has 1 nitrogen and oxygen atoms in total. The first kappa shape index (κ1) is 15.4. The summed E-state index contributed by atoms with van der Waals surface area (Å²) in [6, 6.07) is 9.77. The van der Waals surface area contributed by atoms with Crippen molar-refractivity contribution < 1.29 is 0 Å². The van der Waals surface area contributed by atoms with Crippen LogP contribution in [0.15, 0.2) is 24.3 Å². The van der Waals surface area contributed by atoms with Crippen molar-refractivity contribution >= 4 is 35.6 Å². The zero-order valence-electron chi connectivity index (χ0n) is 11.1. The minimum Gasteiger partial charge on any atom is -0.300 e. The molecule has 2 fully saturated rings. The lowest BCUT2D eigenvalue weighted by molar-refractivity contribution is 0.111. The zero-order chi connectivity index (χ0) is 12.7. The maximum absolute atomic E-state index is 6.26. The molecule has 19 heavy (non-hydrogen) atoms. The Kier molecular flexibility index (Phi) is 5.05. The van der Waals surface area contributed by atoms with Crippen LogP contribution in [0.1, 0.15) is 30.7 Å². The minimum atomic E-state index is 0. The molecule has 2 saturated heterocycles. The van der Waals surface area contributed by atoms with E-state index in [4.69, 9.17) is 23.2 Å². The molecule has 1 aromatic carbocycles. The maximum atomic E-state index is 6.26. The number of halogens is 3. The molecule has 0 N–H and O–H groups in total. The van der Waals surface area contributed by atoms with E-state index < -0.39 is 0 Å². The van der Waals surface area contributed by atoms with E-state index in [1.165, 1.54) is 24.8 Å². The Bertz CT molecular complexity index is 420. The van der Waals surface area contributed by atoms with E-state index in [9.17, 15) is 0 Å². The van der Waals surface area contributed by atoms with Crippen molar-refractivity contribution in [3.63, 3.8) is 0 Å². The molecule has 0 amide bonds. The third-order valence-corrected chi connectivity index (χ3v) is 5.52. The number of rotatable bonds is 2. The molecule has 2 heterocycles. The van der Waals surface area contributed by atoms with E-state index >= 15 is 0 Å². The van der Waals surface area contributed by atoms with Crippen molar-refractivity contribution in [3.05, 3.63) is 34.9 Å². The van der Waals surface area contributed by atoms with Crippen molar-refractivity contribution in [2.75, 3.05) is 12.9 Å². The van der Waals surface area contributed by atoms with Gasteiger partial charge in [0.2, 0.25) is 0 Å². The normalized spacial score (nSPS) is 34.1. The van der Waals surface area contributed by atoms with Gasteiger partial charge in [-0.25, -0.2) is 0 Å². The first-order valence-corrected chi connectivity index (χ1v) is 7.65. The quantitative estimate of drug-likeness (QED) is 0.722. The molecule has 1 aromatic rings. The largest absolute Gasteiger partial charge is 0.300 e. The average Bonchev–Trinajstić information content (AvgIpc) is 2.63. The van der Waals surface area contributed by atoms with Crippen molar-refractivity contribution in [1.82, 2.24) is 4.90 Å². The van der Waals surface area contributed by atoms with Crippen LogP contribution < -0.4 is 0 Å². The van der Waals surface area contributed by atoms with E-state index in [1.807, 2.05) is 12.1 Å². The van der Waals surface area contributed by atoms with Crippen LogP contribution in [0.5, 0.6) is 0 Å². The predicted octanol–water partition coefficient (Wildman–Crippen LogP) is 4.57. The molecule has 4 atom stereocenters. The lowest BCUT2D eigenvalue weighted by Gasteiger charge is -2.42. The van der Waals surface area contributed by atoms with E-state index in [2.05, 4.69) is 24.1 Å². The van der Waals surface area contributed by atoms with Crippen LogP contribution in [0, 0.1) is 5.92 Å². The molecule has 0 radical (unpaired) electrons. The van der Waals surface area contributed by atoms with Gasteiger partial charge in [-0.2, -0.15) is 0 Å². The summed E-state index contributed by atoms with van der Waals surface area (Å²) >= 11 is 12.2. The van der Waals surface area contributed by atoms with E-state index in [-0.39, 0.29) is 12.4 Å². The topological polar surface area (TPSA) is 3.24 Å². The molecule has 2 bridgehead atoms. The summed E-state index contributed by atoms with van der Waals surface area (Å²) < 4.78 is 0. The fourth-order valence-corrected chi connectivity index (χ4v) is 4.43. The average molecular weight is 321 g/mol. The fraction of sp³-hybridized carbons (Fsp3) is 0.600. The van der Waals surface area contributed by atoms with Crippen LogP contribution in [0.3, 0.4) is 0 Å². The molecule has 4 heteroatoms. The molecular weight excluding hydrogens is 301 g/mol. The van der Waals surface area contributed by atoms with Crippen LogP contribution in [0.25, 0.3) is 0 Å². The van der Waals surface area contributed by atoms with Crippen LogP contribution >= 0.6 is 35.6 Å². The molecule has 2 aliphatic heterocycles. The van der Waals surface area contributed by atoms with Crippen LogP contribution in [-0.2, 0) is 0 Å². The Morgan fingerprint density at radius 1 is 1.21 bits per heavy atom. The maximum Gasteiger partial charge on any atom is 0.0406 e. The molecule has 106 valence electrons. The van der Waals surface area contributed by atoms with Gasteiger partial charge in [-0.1, -0.05) is 23.7 Å². The summed E-state index contributed by atoms with van der Waals surface area (Å²) in [5.74, 6) is 1.94. The molecule has 3 rings (SSSR count). The van der Waals surface area contributed by atoms with Gasteiger partial charge in [0.05, 0.1) is 0 Å². The van der Waals surface area contributed by atoms with E-state index in [1.54, 1.807) is 0 Å². The molecule has 0 aromatic heterocycles. The van der Waals surface area contributed by atoms with E-state index in [0.717, 1.165) is 16.9 Å². The van der Waals surface area contributed by atoms with Crippen LogP contribution in [0.2, 0.25) is 5.02 Å². The van der Waals surface area contributed by atoms with Crippen molar-refractivity contribution in [2.24, 2.45) is 5.92 Å². The minimum absolute atomic E-state index is 0. The summed E-state index contributed by atoms with van der Waals surface area (Å²) in [7, 11) is 2.26. The second-order valence-electron chi connectivity index (χ2n) is 5.68. The highest BCUT2D eigenvalue weighted by Crippen LogP contribution is 2.46. The Morgan fingerprint density at radius 2 is 1.89 bits per heavy atom. The molecular formula is C15H20Cl3N.